The van der Waals surface area contributed by atoms with Crippen molar-refractivity contribution in [3.8, 4) is 0 Å². The Hall–Kier alpha value is -2.74. The number of carbonyl (C=O) groups is 1. The average molecular weight is 447 g/mol. The Kier molecular flexibility index (Phi) is 6.89. The first-order valence-corrected chi connectivity index (χ1v) is 11.2. The van der Waals surface area contributed by atoms with Crippen LogP contribution in [-0.4, -0.2) is 37.8 Å². The monoisotopic (exact) mass is 446 g/mol. The molecule has 0 radical (unpaired) electrons. The third-order valence-corrected chi connectivity index (χ3v) is 6.28. The number of amides is 1. The minimum Gasteiger partial charge on any atom is -0.372 e. The second-order valence-corrected chi connectivity index (χ2v) is 8.54. The fourth-order valence-corrected chi connectivity index (χ4v) is 4.31. The maximum atomic E-state index is 12.9. The molecule has 172 valence electrons. The van der Waals surface area contributed by atoms with Gasteiger partial charge in [-0.1, -0.05) is 12.1 Å². The van der Waals surface area contributed by atoms with Crippen molar-refractivity contribution in [2.45, 2.75) is 44.4 Å². The summed E-state index contributed by atoms with van der Waals surface area (Å²) < 4.78 is 38.6. The normalized spacial score (nSPS) is 19.7. The van der Waals surface area contributed by atoms with E-state index in [4.69, 9.17) is 0 Å². The molecule has 1 atom stereocenters. The van der Waals surface area contributed by atoms with Gasteiger partial charge in [-0.15, -0.1) is 0 Å². The molecule has 2 aliphatic heterocycles. The summed E-state index contributed by atoms with van der Waals surface area (Å²) in [5, 5.41) is 9.49. The number of carbonyl (C=O) groups excluding carboxylic acids is 1. The highest BCUT2D eigenvalue weighted by Gasteiger charge is 2.41. The van der Waals surface area contributed by atoms with Crippen LogP contribution in [0, 0.1) is 5.92 Å². The molecule has 2 fully saturated rings. The number of piperidine rings is 1. The lowest BCUT2D eigenvalue weighted by Crippen LogP contribution is -2.39. The van der Waals surface area contributed by atoms with Crippen LogP contribution < -0.4 is 20.9 Å². The number of hydrogen-bond donors (Lipinski definition) is 3. The van der Waals surface area contributed by atoms with Crippen molar-refractivity contribution >= 4 is 23.0 Å². The SMILES string of the molecule is O=C(NCc1ccc(Nc2ccc(N3CCC(C(F)(F)F)CC3)cc2)cc1)[C@@H]1CCCN1. The van der Waals surface area contributed by atoms with Crippen molar-refractivity contribution in [2.24, 2.45) is 5.92 Å². The predicted molar refractivity (Wildman–Crippen MR) is 120 cm³/mol. The van der Waals surface area contributed by atoms with E-state index in [1.165, 1.54) is 0 Å². The molecule has 2 aromatic rings. The largest absolute Gasteiger partial charge is 0.391 e. The Labute approximate surface area is 186 Å². The van der Waals surface area contributed by atoms with Gasteiger partial charge in [0.2, 0.25) is 5.91 Å². The lowest BCUT2D eigenvalue weighted by molar-refractivity contribution is -0.179. The molecule has 0 aromatic heterocycles. The number of nitrogens with one attached hydrogen (secondary N) is 3. The molecule has 32 heavy (non-hydrogen) atoms. The molecular weight excluding hydrogens is 417 g/mol. The molecule has 0 spiro atoms. The molecule has 0 saturated carbocycles. The van der Waals surface area contributed by atoms with E-state index < -0.39 is 12.1 Å². The summed E-state index contributed by atoms with van der Waals surface area (Å²) in [5.74, 6) is -1.14. The topological polar surface area (TPSA) is 56.4 Å². The molecule has 4 rings (SSSR count). The van der Waals surface area contributed by atoms with E-state index in [0.717, 1.165) is 42.0 Å². The van der Waals surface area contributed by atoms with Crippen LogP contribution in [0.3, 0.4) is 0 Å². The third kappa shape index (κ3) is 5.73. The van der Waals surface area contributed by atoms with Gasteiger partial charge in [0.1, 0.15) is 0 Å². The minimum absolute atomic E-state index is 0.0485. The Bertz CT molecular complexity index is 885. The van der Waals surface area contributed by atoms with Crippen molar-refractivity contribution in [1.82, 2.24) is 10.6 Å². The van der Waals surface area contributed by atoms with E-state index in [0.29, 0.717) is 19.6 Å². The van der Waals surface area contributed by atoms with Crippen LogP contribution in [0.15, 0.2) is 48.5 Å². The number of alkyl halides is 3. The summed E-state index contributed by atoms with van der Waals surface area (Å²) in [6.07, 6.45) is -1.87. The van der Waals surface area contributed by atoms with Gasteiger partial charge >= 0.3 is 6.18 Å². The van der Waals surface area contributed by atoms with Gasteiger partial charge in [0, 0.05) is 36.7 Å². The van der Waals surface area contributed by atoms with Crippen LogP contribution in [0.25, 0.3) is 0 Å². The van der Waals surface area contributed by atoms with Crippen LogP contribution in [0.2, 0.25) is 0 Å². The highest BCUT2D eigenvalue weighted by atomic mass is 19.4. The Morgan fingerprint density at radius 1 is 0.969 bits per heavy atom. The summed E-state index contributed by atoms with van der Waals surface area (Å²) in [5.41, 5.74) is 3.81. The van der Waals surface area contributed by atoms with Crippen molar-refractivity contribution in [3.63, 3.8) is 0 Å². The summed E-state index contributed by atoms with van der Waals surface area (Å²) >= 11 is 0. The molecule has 5 nitrogen and oxygen atoms in total. The van der Waals surface area contributed by atoms with Gasteiger partial charge in [0.05, 0.1) is 12.0 Å². The highest BCUT2D eigenvalue weighted by Crippen LogP contribution is 2.35. The molecule has 2 heterocycles. The Morgan fingerprint density at radius 3 is 2.16 bits per heavy atom. The van der Waals surface area contributed by atoms with E-state index in [1.54, 1.807) is 0 Å². The molecule has 2 aromatic carbocycles. The molecule has 2 aliphatic rings. The van der Waals surface area contributed by atoms with Crippen molar-refractivity contribution in [3.05, 3.63) is 54.1 Å². The fraction of sp³-hybridized carbons (Fsp3) is 0.458. The standard InChI is InChI=1S/C24H29F3N4O/c25-24(26,27)18-11-14-31(15-12-18)21-9-7-20(8-10-21)30-19-5-3-17(4-6-19)16-29-23(32)22-2-1-13-28-22/h3-10,18,22,28,30H,1-2,11-16H2,(H,29,32)/t22-/m0/s1. The molecule has 8 heteroatoms. The Balaban J connectivity index is 1.26. The van der Waals surface area contributed by atoms with Gasteiger partial charge in [-0.3, -0.25) is 4.79 Å². The van der Waals surface area contributed by atoms with Crippen LogP contribution in [-0.2, 0) is 11.3 Å². The zero-order valence-electron chi connectivity index (χ0n) is 17.9. The first-order valence-electron chi connectivity index (χ1n) is 11.2. The van der Waals surface area contributed by atoms with Gasteiger partial charge in [-0.25, -0.2) is 0 Å². The maximum absolute atomic E-state index is 12.9. The maximum Gasteiger partial charge on any atom is 0.391 e. The van der Waals surface area contributed by atoms with Gasteiger partial charge < -0.3 is 20.9 Å². The Morgan fingerprint density at radius 2 is 1.59 bits per heavy atom. The summed E-state index contributed by atoms with van der Waals surface area (Å²) in [4.78, 5) is 14.1. The molecular formula is C24H29F3N4O. The first-order chi connectivity index (χ1) is 15.4. The lowest BCUT2D eigenvalue weighted by Gasteiger charge is -2.34. The van der Waals surface area contributed by atoms with E-state index in [1.807, 2.05) is 53.4 Å². The van der Waals surface area contributed by atoms with Gasteiger partial charge in [-0.2, -0.15) is 13.2 Å². The molecule has 2 saturated heterocycles. The minimum atomic E-state index is -4.09. The quantitative estimate of drug-likeness (QED) is 0.608. The third-order valence-electron chi connectivity index (χ3n) is 6.28. The van der Waals surface area contributed by atoms with Crippen LogP contribution in [0.4, 0.5) is 30.2 Å². The summed E-state index contributed by atoms with van der Waals surface area (Å²) in [7, 11) is 0. The van der Waals surface area contributed by atoms with E-state index >= 15 is 0 Å². The van der Waals surface area contributed by atoms with Gasteiger partial charge in [0.25, 0.3) is 0 Å². The smallest absolute Gasteiger partial charge is 0.372 e. The van der Waals surface area contributed by atoms with Crippen molar-refractivity contribution < 1.29 is 18.0 Å². The number of anilines is 3. The van der Waals surface area contributed by atoms with E-state index in [-0.39, 0.29) is 24.8 Å². The zero-order valence-corrected chi connectivity index (χ0v) is 17.9. The first kappa shape index (κ1) is 22.5. The number of benzene rings is 2. The molecule has 3 N–H and O–H groups in total. The second-order valence-electron chi connectivity index (χ2n) is 8.54. The highest BCUT2D eigenvalue weighted by molar-refractivity contribution is 5.82. The molecule has 0 bridgehead atoms. The van der Waals surface area contributed by atoms with Crippen molar-refractivity contribution in [1.29, 1.82) is 0 Å². The lowest BCUT2D eigenvalue weighted by atomic mass is 9.96. The number of rotatable bonds is 6. The van der Waals surface area contributed by atoms with E-state index in [2.05, 4.69) is 16.0 Å². The number of halogens is 3. The van der Waals surface area contributed by atoms with E-state index in [9.17, 15) is 18.0 Å². The van der Waals surface area contributed by atoms with Gasteiger partial charge in [0.15, 0.2) is 0 Å². The fourth-order valence-electron chi connectivity index (χ4n) is 4.31. The summed E-state index contributed by atoms with van der Waals surface area (Å²) in [6.45, 7) is 2.24. The second kappa shape index (κ2) is 9.81. The van der Waals surface area contributed by atoms with Gasteiger partial charge in [-0.05, 0) is 74.2 Å². The van der Waals surface area contributed by atoms with Crippen LogP contribution in [0.1, 0.15) is 31.2 Å². The number of nitrogens with zero attached hydrogens (tertiary/aromatic N) is 1. The van der Waals surface area contributed by atoms with Crippen LogP contribution >= 0.6 is 0 Å². The number of hydrogen-bond acceptors (Lipinski definition) is 4. The molecule has 0 unspecified atom stereocenters. The molecule has 0 aliphatic carbocycles. The molecule has 1 amide bonds. The van der Waals surface area contributed by atoms with Crippen molar-refractivity contribution in [2.75, 3.05) is 29.9 Å². The van der Waals surface area contributed by atoms with Crippen LogP contribution in [0.5, 0.6) is 0 Å². The average Bonchev–Trinajstić information content (AvgIpc) is 3.34. The zero-order chi connectivity index (χ0) is 22.6. The summed E-state index contributed by atoms with van der Waals surface area (Å²) in [6, 6.07) is 15.6. The predicted octanol–water partition coefficient (Wildman–Crippen LogP) is 4.58.